The van der Waals surface area contributed by atoms with Gasteiger partial charge in [0, 0.05) is 21.7 Å². The van der Waals surface area contributed by atoms with Crippen LogP contribution in [0.4, 0.5) is 0 Å². The number of rotatable bonds is 5. The van der Waals surface area contributed by atoms with E-state index >= 15 is 0 Å². The summed E-state index contributed by atoms with van der Waals surface area (Å²) < 4.78 is 5.05. The van der Waals surface area contributed by atoms with E-state index in [4.69, 9.17) is 4.74 Å². The molecule has 4 heteroatoms. The van der Waals surface area contributed by atoms with Gasteiger partial charge in [-0.05, 0) is 26.7 Å². The first-order valence-electron chi connectivity index (χ1n) is 4.73. The van der Waals surface area contributed by atoms with Gasteiger partial charge >= 0.3 is 5.97 Å². The fourth-order valence-electron chi connectivity index (χ4n) is 0.984. The molecule has 80 valence electrons. The molecule has 0 aromatic heterocycles. The summed E-state index contributed by atoms with van der Waals surface area (Å²) in [7, 11) is 0. The van der Waals surface area contributed by atoms with Crippen LogP contribution in [0.1, 0.15) is 40.5 Å². The van der Waals surface area contributed by atoms with Crippen LogP contribution in [0.5, 0.6) is 0 Å². The van der Waals surface area contributed by atoms with E-state index in [-0.39, 0.29) is 39.6 Å². The summed E-state index contributed by atoms with van der Waals surface area (Å²) in [5, 5.41) is 0. The van der Waals surface area contributed by atoms with Gasteiger partial charge in [0.25, 0.3) is 0 Å². The molecular formula is C10H18O3Ti. The zero-order valence-corrected chi connectivity index (χ0v) is 10.9. The Morgan fingerprint density at radius 1 is 1.21 bits per heavy atom. The number of carbonyl (C=O) groups is 2. The van der Waals surface area contributed by atoms with E-state index in [1.54, 1.807) is 0 Å². The number of esters is 1. The standard InChI is InChI=1S/C10H18O3.Ti/c1-5-7(3)13-10(12)9(6-2)8(4)11;/h7,9H,5-6H2,1-4H3;. The fourth-order valence-corrected chi connectivity index (χ4v) is 0.984. The largest absolute Gasteiger partial charge is 0.462 e. The molecule has 0 aromatic rings. The zero-order chi connectivity index (χ0) is 10.4. The van der Waals surface area contributed by atoms with Crippen molar-refractivity contribution in [3.8, 4) is 0 Å². The quantitative estimate of drug-likeness (QED) is 0.414. The number of ketones is 1. The minimum absolute atomic E-state index is 0. The molecule has 0 N–H and O–H groups in total. The van der Waals surface area contributed by atoms with Crippen LogP contribution in [-0.4, -0.2) is 17.9 Å². The molecule has 0 saturated carbocycles. The number of Topliss-reactive ketones (excluding diaryl/α,β-unsaturated/α-hetero) is 1. The van der Waals surface area contributed by atoms with Crippen molar-refractivity contribution in [1.29, 1.82) is 0 Å². The molecule has 0 rings (SSSR count). The minimum Gasteiger partial charge on any atom is -0.462 e. The van der Waals surface area contributed by atoms with E-state index in [2.05, 4.69) is 0 Å². The number of hydrogen-bond acceptors (Lipinski definition) is 3. The van der Waals surface area contributed by atoms with Gasteiger partial charge in [-0.2, -0.15) is 0 Å². The normalized spacial score (nSPS) is 13.7. The van der Waals surface area contributed by atoms with Gasteiger partial charge in [-0.3, -0.25) is 9.59 Å². The molecule has 14 heavy (non-hydrogen) atoms. The Bertz CT molecular complexity index is 192. The predicted molar refractivity (Wildman–Crippen MR) is 50.3 cm³/mol. The van der Waals surface area contributed by atoms with Gasteiger partial charge in [-0.1, -0.05) is 13.8 Å². The van der Waals surface area contributed by atoms with Gasteiger partial charge < -0.3 is 4.74 Å². The van der Waals surface area contributed by atoms with Crippen molar-refractivity contribution in [2.24, 2.45) is 5.92 Å². The Kier molecular flexibility index (Phi) is 9.53. The van der Waals surface area contributed by atoms with Crippen molar-refractivity contribution < 1.29 is 36.0 Å². The van der Waals surface area contributed by atoms with Gasteiger partial charge in [0.2, 0.25) is 0 Å². The van der Waals surface area contributed by atoms with E-state index in [9.17, 15) is 9.59 Å². The van der Waals surface area contributed by atoms with Gasteiger partial charge in [0.1, 0.15) is 11.7 Å². The summed E-state index contributed by atoms with van der Waals surface area (Å²) in [6, 6.07) is 0. The number of ether oxygens (including phenoxy) is 1. The molecule has 2 unspecified atom stereocenters. The van der Waals surface area contributed by atoms with E-state index in [1.807, 2.05) is 20.8 Å². The van der Waals surface area contributed by atoms with Crippen molar-refractivity contribution in [2.75, 3.05) is 0 Å². The molecule has 0 radical (unpaired) electrons. The van der Waals surface area contributed by atoms with Crippen LogP contribution in [-0.2, 0) is 36.0 Å². The average Bonchev–Trinajstić information content (AvgIpc) is 2.04. The molecule has 2 atom stereocenters. The van der Waals surface area contributed by atoms with Gasteiger partial charge in [-0.25, -0.2) is 0 Å². The molecule has 0 bridgehead atoms. The fraction of sp³-hybridized carbons (Fsp3) is 0.800. The topological polar surface area (TPSA) is 43.4 Å². The van der Waals surface area contributed by atoms with Crippen molar-refractivity contribution in [2.45, 2.75) is 46.6 Å². The molecule has 0 spiro atoms. The maximum atomic E-state index is 11.3. The van der Waals surface area contributed by atoms with Crippen molar-refractivity contribution in [3.63, 3.8) is 0 Å². The Morgan fingerprint density at radius 2 is 1.71 bits per heavy atom. The molecule has 0 aliphatic heterocycles. The first kappa shape index (κ1) is 16.3. The SMILES string of the molecule is CCC(C)OC(=O)C(CC)C(C)=O.[Ti]. The van der Waals surface area contributed by atoms with Crippen LogP contribution in [0.3, 0.4) is 0 Å². The molecule has 0 heterocycles. The molecule has 0 aliphatic rings. The Labute approximate surface area is 100 Å². The maximum absolute atomic E-state index is 11.3. The summed E-state index contributed by atoms with van der Waals surface area (Å²) >= 11 is 0. The zero-order valence-electron chi connectivity index (χ0n) is 9.29. The molecular weight excluding hydrogens is 216 g/mol. The molecule has 0 fully saturated rings. The van der Waals surface area contributed by atoms with E-state index < -0.39 is 5.92 Å². The van der Waals surface area contributed by atoms with Gasteiger partial charge in [-0.15, -0.1) is 0 Å². The van der Waals surface area contributed by atoms with E-state index in [1.165, 1.54) is 6.92 Å². The van der Waals surface area contributed by atoms with Crippen LogP contribution < -0.4 is 0 Å². The van der Waals surface area contributed by atoms with Crippen LogP contribution >= 0.6 is 0 Å². The molecule has 3 nitrogen and oxygen atoms in total. The Hall–Kier alpha value is -0.146. The van der Waals surface area contributed by atoms with Crippen molar-refractivity contribution in [3.05, 3.63) is 0 Å². The third kappa shape index (κ3) is 5.56. The third-order valence-electron chi connectivity index (χ3n) is 2.08. The monoisotopic (exact) mass is 234 g/mol. The summed E-state index contributed by atoms with van der Waals surface area (Å²) in [6.07, 6.45) is 1.20. The second-order valence-corrected chi connectivity index (χ2v) is 3.23. The minimum atomic E-state index is -0.575. The third-order valence-corrected chi connectivity index (χ3v) is 2.08. The van der Waals surface area contributed by atoms with Crippen LogP contribution in [0.15, 0.2) is 0 Å². The molecule has 0 aliphatic carbocycles. The first-order valence-corrected chi connectivity index (χ1v) is 4.73. The summed E-state index contributed by atoms with van der Waals surface area (Å²) in [5.41, 5.74) is 0. The van der Waals surface area contributed by atoms with Crippen LogP contribution in [0, 0.1) is 5.92 Å². The summed E-state index contributed by atoms with van der Waals surface area (Å²) in [4.78, 5) is 22.3. The van der Waals surface area contributed by atoms with Gasteiger partial charge in [0.05, 0.1) is 6.10 Å². The Balaban J connectivity index is 0. The average molecular weight is 234 g/mol. The maximum Gasteiger partial charge on any atom is 0.316 e. The summed E-state index contributed by atoms with van der Waals surface area (Å²) in [5.74, 6) is -1.07. The van der Waals surface area contributed by atoms with Crippen LogP contribution in [0.25, 0.3) is 0 Å². The predicted octanol–water partition coefficient (Wildman–Crippen LogP) is 1.94. The van der Waals surface area contributed by atoms with Crippen LogP contribution in [0.2, 0.25) is 0 Å². The number of hydrogen-bond donors (Lipinski definition) is 0. The molecule has 0 saturated heterocycles. The first-order chi connectivity index (χ1) is 6.02. The van der Waals surface area contributed by atoms with Crippen molar-refractivity contribution in [1.82, 2.24) is 0 Å². The molecule has 0 amide bonds. The Morgan fingerprint density at radius 3 is 2.00 bits per heavy atom. The van der Waals surface area contributed by atoms with E-state index in [0.29, 0.717) is 6.42 Å². The second-order valence-electron chi connectivity index (χ2n) is 3.23. The van der Waals surface area contributed by atoms with Crippen molar-refractivity contribution >= 4 is 11.8 Å². The number of carbonyl (C=O) groups excluding carboxylic acids is 2. The molecule has 0 aromatic carbocycles. The van der Waals surface area contributed by atoms with Gasteiger partial charge in [0.15, 0.2) is 0 Å². The second kappa shape index (κ2) is 8.19. The smallest absolute Gasteiger partial charge is 0.316 e. The summed E-state index contributed by atoms with van der Waals surface area (Å²) in [6.45, 7) is 6.99. The van der Waals surface area contributed by atoms with E-state index in [0.717, 1.165) is 6.42 Å².